The van der Waals surface area contributed by atoms with Gasteiger partial charge in [0.05, 0.1) is 0 Å². The van der Waals surface area contributed by atoms with Gasteiger partial charge >= 0.3 is 0 Å². The number of carbonyl (C=O) groups is 1. The zero-order valence-corrected chi connectivity index (χ0v) is 12.6. The van der Waals surface area contributed by atoms with Gasteiger partial charge < -0.3 is 10.6 Å². The monoisotopic (exact) mass is 284 g/mol. The van der Waals surface area contributed by atoms with E-state index in [-0.39, 0.29) is 5.91 Å². The van der Waals surface area contributed by atoms with Crippen molar-refractivity contribution in [2.75, 3.05) is 17.2 Å². The maximum Gasteiger partial charge on any atom is 0.274 e. The van der Waals surface area contributed by atoms with Gasteiger partial charge in [0.25, 0.3) is 5.91 Å². The van der Waals surface area contributed by atoms with Crippen LogP contribution in [0.4, 0.5) is 11.6 Å². The quantitative estimate of drug-likeness (QED) is 0.885. The first-order valence-corrected chi connectivity index (χ1v) is 7.06. The molecule has 0 saturated carbocycles. The topological polar surface area (TPSA) is 66.9 Å². The van der Waals surface area contributed by atoms with Crippen LogP contribution in [-0.2, 0) is 0 Å². The molecule has 0 fully saturated rings. The Morgan fingerprint density at radius 2 is 1.86 bits per heavy atom. The second-order valence-electron chi connectivity index (χ2n) is 4.97. The fraction of sp³-hybridized carbons (Fsp3) is 0.312. The number of nitrogens with zero attached hydrogens (tertiary/aromatic N) is 2. The molecule has 0 aliphatic heterocycles. The molecule has 2 rings (SSSR count). The lowest BCUT2D eigenvalue weighted by atomic mass is 10.2. The largest absolute Gasteiger partial charge is 0.354 e. The Bertz CT molecular complexity index is 623. The summed E-state index contributed by atoms with van der Waals surface area (Å²) in [4.78, 5) is 20.8. The summed E-state index contributed by atoms with van der Waals surface area (Å²) in [6, 6.07) is 9.33. The average Bonchev–Trinajstić information content (AvgIpc) is 2.47. The molecule has 1 amide bonds. The molecule has 0 radical (unpaired) electrons. The number of hydrogen-bond donors (Lipinski definition) is 2. The lowest BCUT2D eigenvalue weighted by molar-refractivity contribution is 0.102. The number of hydrogen-bond acceptors (Lipinski definition) is 4. The van der Waals surface area contributed by atoms with Crippen molar-refractivity contribution in [2.45, 2.75) is 27.2 Å². The van der Waals surface area contributed by atoms with Crippen LogP contribution in [0.5, 0.6) is 0 Å². The number of carbonyl (C=O) groups excluding carboxylic acids is 1. The minimum Gasteiger partial charge on any atom is -0.354 e. The minimum atomic E-state index is -0.232. The molecule has 5 heteroatoms. The number of aromatic nitrogens is 2. The summed E-state index contributed by atoms with van der Waals surface area (Å²) < 4.78 is 0. The highest BCUT2D eigenvalue weighted by Gasteiger charge is 2.10. The summed E-state index contributed by atoms with van der Waals surface area (Å²) in [5.74, 6) is 0.259. The van der Waals surface area contributed by atoms with Crippen molar-refractivity contribution < 1.29 is 4.79 Å². The van der Waals surface area contributed by atoms with Crippen LogP contribution in [0.1, 0.15) is 35.1 Å². The first-order valence-electron chi connectivity index (χ1n) is 7.06. The first kappa shape index (κ1) is 15.0. The Kier molecular flexibility index (Phi) is 4.87. The SMILES string of the molecule is CCCNc1nc(C)cc(C(=O)Nc2ccc(C)cc2)n1. The molecule has 0 saturated heterocycles. The molecule has 0 spiro atoms. The molecule has 1 heterocycles. The highest BCUT2D eigenvalue weighted by Crippen LogP contribution is 2.11. The molecule has 1 aromatic heterocycles. The molecule has 0 aliphatic rings. The van der Waals surface area contributed by atoms with Crippen molar-refractivity contribution in [3.05, 3.63) is 47.3 Å². The van der Waals surface area contributed by atoms with Crippen LogP contribution in [0.25, 0.3) is 0 Å². The highest BCUT2D eigenvalue weighted by molar-refractivity contribution is 6.03. The number of benzene rings is 1. The zero-order valence-electron chi connectivity index (χ0n) is 12.6. The number of amides is 1. The summed E-state index contributed by atoms with van der Waals surface area (Å²) in [6.45, 7) is 6.70. The van der Waals surface area contributed by atoms with Crippen molar-refractivity contribution in [1.29, 1.82) is 0 Å². The molecule has 0 aliphatic carbocycles. The number of rotatable bonds is 5. The number of aryl methyl sites for hydroxylation is 2. The third-order valence-electron chi connectivity index (χ3n) is 2.93. The van der Waals surface area contributed by atoms with Gasteiger partial charge in [-0.3, -0.25) is 4.79 Å². The Hall–Kier alpha value is -2.43. The van der Waals surface area contributed by atoms with Gasteiger partial charge in [-0.25, -0.2) is 9.97 Å². The predicted molar refractivity (Wildman–Crippen MR) is 84.7 cm³/mol. The van der Waals surface area contributed by atoms with Gasteiger partial charge in [-0.2, -0.15) is 0 Å². The van der Waals surface area contributed by atoms with Gasteiger partial charge in [0.15, 0.2) is 0 Å². The molecule has 21 heavy (non-hydrogen) atoms. The van der Waals surface area contributed by atoms with Crippen molar-refractivity contribution in [2.24, 2.45) is 0 Å². The average molecular weight is 284 g/mol. The second-order valence-corrected chi connectivity index (χ2v) is 4.97. The molecule has 0 atom stereocenters. The molecule has 1 aromatic carbocycles. The molecular weight excluding hydrogens is 264 g/mol. The van der Waals surface area contributed by atoms with Gasteiger partial charge in [0.1, 0.15) is 5.69 Å². The van der Waals surface area contributed by atoms with Crippen LogP contribution >= 0.6 is 0 Å². The fourth-order valence-electron chi connectivity index (χ4n) is 1.83. The van der Waals surface area contributed by atoms with E-state index in [1.165, 1.54) is 0 Å². The Labute approximate surface area is 124 Å². The molecule has 2 aromatic rings. The van der Waals surface area contributed by atoms with Crippen LogP contribution in [0, 0.1) is 13.8 Å². The zero-order chi connectivity index (χ0) is 15.2. The van der Waals surface area contributed by atoms with Gasteiger partial charge in [0, 0.05) is 17.9 Å². The lowest BCUT2D eigenvalue weighted by Crippen LogP contribution is -2.16. The van der Waals surface area contributed by atoms with E-state index in [9.17, 15) is 4.79 Å². The fourth-order valence-corrected chi connectivity index (χ4v) is 1.83. The third kappa shape index (κ3) is 4.27. The molecular formula is C16H20N4O. The van der Waals surface area contributed by atoms with E-state index in [4.69, 9.17) is 0 Å². The summed E-state index contributed by atoms with van der Waals surface area (Å²) in [7, 11) is 0. The second kappa shape index (κ2) is 6.83. The summed E-state index contributed by atoms with van der Waals surface area (Å²) in [5, 5.41) is 5.94. The maximum absolute atomic E-state index is 12.2. The van der Waals surface area contributed by atoms with Gasteiger partial charge in [-0.15, -0.1) is 0 Å². The maximum atomic E-state index is 12.2. The molecule has 0 unspecified atom stereocenters. The van der Waals surface area contributed by atoms with E-state index >= 15 is 0 Å². The number of nitrogens with one attached hydrogen (secondary N) is 2. The summed E-state index contributed by atoms with van der Waals surface area (Å²) in [5.41, 5.74) is 3.03. The lowest BCUT2D eigenvalue weighted by Gasteiger charge is -2.08. The van der Waals surface area contributed by atoms with E-state index in [1.807, 2.05) is 38.1 Å². The third-order valence-corrected chi connectivity index (χ3v) is 2.93. The highest BCUT2D eigenvalue weighted by atomic mass is 16.1. The minimum absolute atomic E-state index is 0.232. The predicted octanol–water partition coefficient (Wildman–Crippen LogP) is 3.17. The van der Waals surface area contributed by atoms with Crippen LogP contribution in [0.2, 0.25) is 0 Å². The van der Waals surface area contributed by atoms with Gasteiger partial charge in [-0.1, -0.05) is 24.6 Å². The van der Waals surface area contributed by atoms with E-state index in [0.29, 0.717) is 11.6 Å². The van der Waals surface area contributed by atoms with E-state index < -0.39 is 0 Å². The standard InChI is InChI=1S/C16H20N4O/c1-4-9-17-16-18-12(3)10-14(20-16)15(21)19-13-7-5-11(2)6-8-13/h5-8,10H,4,9H2,1-3H3,(H,19,21)(H,17,18,20). The molecule has 5 nitrogen and oxygen atoms in total. The van der Waals surface area contributed by atoms with E-state index in [1.54, 1.807) is 6.07 Å². The van der Waals surface area contributed by atoms with Crippen molar-refractivity contribution >= 4 is 17.5 Å². The molecule has 2 N–H and O–H groups in total. The summed E-state index contributed by atoms with van der Waals surface area (Å²) in [6.07, 6.45) is 0.974. The van der Waals surface area contributed by atoms with Crippen LogP contribution in [0.15, 0.2) is 30.3 Å². The van der Waals surface area contributed by atoms with Gasteiger partial charge in [0.2, 0.25) is 5.95 Å². The summed E-state index contributed by atoms with van der Waals surface area (Å²) >= 11 is 0. The van der Waals surface area contributed by atoms with Crippen molar-refractivity contribution in [1.82, 2.24) is 9.97 Å². The van der Waals surface area contributed by atoms with E-state index in [0.717, 1.165) is 29.9 Å². The van der Waals surface area contributed by atoms with Crippen LogP contribution in [-0.4, -0.2) is 22.4 Å². The Morgan fingerprint density at radius 3 is 2.52 bits per heavy atom. The first-order chi connectivity index (χ1) is 10.1. The molecule has 0 bridgehead atoms. The Morgan fingerprint density at radius 1 is 1.14 bits per heavy atom. The molecule has 110 valence electrons. The van der Waals surface area contributed by atoms with Crippen LogP contribution < -0.4 is 10.6 Å². The van der Waals surface area contributed by atoms with Crippen molar-refractivity contribution in [3.8, 4) is 0 Å². The van der Waals surface area contributed by atoms with Crippen LogP contribution in [0.3, 0.4) is 0 Å². The normalized spacial score (nSPS) is 10.2. The van der Waals surface area contributed by atoms with E-state index in [2.05, 4.69) is 27.5 Å². The van der Waals surface area contributed by atoms with Gasteiger partial charge in [-0.05, 0) is 38.5 Å². The van der Waals surface area contributed by atoms with Crippen molar-refractivity contribution in [3.63, 3.8) is 0 Å². The number of anilines is 2. The Balaban J connectivity index is 2.14. The smallest absolute Gasteiger partial charge is 0.274 e.